The van der Waals surface area contributed by atoms with Gasteiger partial charge in [0.05, 0.1) is 19.4 Å². The van der Waals surface area contributed by atoms with E-state index < -0.39 is 17.4 Å². The van der Waals surface area contributed by atoms with Gasteiger partial charge in [-0.1, -0.05) is 67.6 Å². The van der Waals surface area contributed by atoms with Crippen LogP contribution in [0.1, 0.15) is 43.7 Å². The molecule has 1 aliphatic rings. The largest absolute Gasteiger partial charge is 0.469 e. The number of carbonyl (C=O) groups excluding carboxylic acids is 4. The molecule has 2 N–H and O–H groups in total. The molecule has 0 aromatic heterocycles. The van der Waals surface area contributed by atoms with Gasteiger partial charge in [-0.25, -0.2) is 0 Å². The molecule has 10 nitrogen and oxygen atoms in total. The topological polar surface area (TPSA) is 128 Å². The van der Waals surface area contributed by atoms with Gasteiger partial charge in [0.1, 0.15) is 0 Å². The van der Waals surface area contributed by atoms with E-state index in [9.17, 15) is 29.4 Å². The number of benzene rings is 3. The molecule has 3 amide bonds. The van der Waals surface area contributed by atoms with Crippen molar-refractivity contribution in [1.82, 2.24) is 4.90 Å². The van der Waals surface area contributed by atoms with Gasteiger partial charge in [0.25, 0.3) is 5.91 Å². The molecule has 3 aromatic carbocycles. The Labute approximate surface area is 269 Å². The van der Waals surface area contributed by atoms with E-state index in [1.54, 1.807) is 54.3 Å². The summed E-state index contributed by atoms with van der Waals surface area (Å²) in [6.45, 7) is 2.32. The fourth-order valence-corrected chi connectivity index (χ4v) is 5.67. The van der Waals surface area contributed by atoms with Gasteiger partial charge in [-0.2, -0.15) is 0 Å². The fourth-order valence-electron chi connectivity index (χ4n) is 5.67. The highest BCUT2D eigenvalue weighted by Crippen LogP contribution is 2.47. The number of anilines is 3. The van der Waals surface area contributed by atoms with Crippen LogP contribution in [0.4, 0.5) is 17.1 Å². The lowest BCUT2D eigenvalue weighted by Gasteiger charge is -2.28. The van der Waals surface area contributed by atoms with Crippen LogP contribution in [0.25, 0.3) is 0 Å². The van der Waals surface area contributed by atoms with Crippen molar-refractivity contribution in [1.29, 1.82) is 0 Å². The van der Waals surface area contributed by atoms with Crippen molar-refractivity contribution in [3.05, 3.63) is 102 Å². The van der Waals surface area contributed by atoms with Crippen LogP contribution >= 0.6 is 0 Å². The summed E-state index contributed by atoms with van der Waals surface area (Å²) in [5, 5.41) is 21.7. The number of esters is 1. The summed E-state index contributed by atoms with van der Waals surface area (Å²) in [6, 6.07) is 23.6. The molecule has 10 heteroatoms. The molecule has 242 valence electrons. The van der Waals surface area contributed by atoms with Gasteiger partial charge < -0.3 is 24.7 Å². The van der Waals surface area contributed by atoms with Gasteiger partial charge in [0.2, 0.25) is 12.3 Å². The Balaban J connectivity index is 1.59. The summed E-state index contributed by atoms with van der Waals surface area (Å²) in [6.07, 6.45) is 5.20. The lowest BCUT2D eigenvalue weighted by molar-refractivity contribution is -0.140. The van der Waals surface area contributed by atoms with Crippen LogP contribution in [0.5, 0.6) is 0 Å². The molecule has 2 atom stereocenters. The maximum absolute atomic E-state index is 14.0. The number of fused-ring (bicyclic) bond motifs is 1. The number of aliphatic hydroxyl groups is 2. The molecule has 0 bridgehead atoms. The first-order valence-electron chi connectivity index (χ1n) is 15.4. The number of methoxy groups -OCH3 is 1. The van der Waals surface area contributed by atoms with Gasteiger partial charge >= 0.3 is 5.97 Å². The van der Waals surface area contributed by atoms with Crippen molar-refractivity contribution < 1.29 is 34.1 Å². The Morgan fingerprint density at radius 1 is 1.00 bits per heavy atom. The lowest BCUT2D eigenvalue weighted by Crippen LogP contribution is -2.44. The second-order valence-corrected chi connectivity index (χ2v) is 11.2. The first-order chi connectivity index (χ1) is 22.2. The van der Waals surface area contributed by atoms with Gasteiger partial charge in [0, 0.05) is 55.3 Å². The molecular formula is C36H41N3O7. The maximum atomic E-state index is 14.0. The molecule has 0 radical (unpaired) electrons. The van der Waals surface area contributed by atoms with Crippen LogP contribution in [-0.2, 0) is 36.1 Å². The van der Waals surface area contributed by atoms with Crippen LogP contribution < -0.4 is 9.80 Å². The third kappa shape index (κ3) is 7.70. The average molecular weight is 628 g/mol. The van der Waals surface area contributed by atoms with Crippen molar-refractivity contribution in [2.45, 2.75) is 44.8 Å². The maximum Gasteiger partial charge on any atom is 0.305 e. The Morgan fingerprint density at radius 3 is 2.35 bits per heavy atom. The Bertz CT molecular complexity index is 1530. The SMILES string of the molecule is COC(=O)CCCCN1C(=O)[C@](O)([C@H](C)/C=C/CC(=O)N(CCO)Cc2ccccc2)c2cc(N(C=O)c3ccccc3)ccc21. The van der Waals surface area contributed by atoms with Crippen LogP contribution in [-0.4, -0.2) is 66.1 Å². The molecule has 0 saturated heterocycles. The summed E-state index contributed by atoms with van der Waals surface area (Å²) >= 11 is 0. The number of para-hydroxylation sites is 1. The molecular weight excluding hydrogens is 586 g/mol. The van der Waals surface area contributed by atoms with Crippen molar-refractivity contribution in [2.75, 3.05) is 36.6 Å². The summed E-state index contributed by atoms with van der Waals surface area (Å²) in [5.41, 5.74) is 0.922. The quantitative estimate of drug-likeness (QED) is 0.104. The molecule has 0 fully saturated rings. The Hall–Kier alpha value is -4.80. The first-order valence-corrected chi connectivity index (χ1v) is 15.4. The number of carbonyl (C=O) groups is 4. The normalized spacial score (nSPS) is 16.3. The van der Waals surface area contributed by atoms with E-state index in [0.717, 1.165) is 5.56 Å². The van der Waals surface area contributed by atoms with Crippen LogP contribution in [0.3, 0.4) is 0 Å². The molecule has 0 spiro atoms. The Morgan fingerprint density at radius 2 is 1.70 bits per heavy atom. The van der Waals surface area contributed by atoms with E-state index in [0.29, 0.717) is 48.4 Å². The predicted molar refractivity (Wildman–Crippen MR) is 175 cm³/mol. The first kappa shape index (κ1) is 34.1. The molecule has 1 heterocycles. The van der Waals surface area contributed by atoms with E-state index in [1.807, 2.05) is 48.5 Å². The van der Waals surface area contributed by atoms with Crippen LogP contribution in [0.2, 0.25) is 0 Å². The molecule has 1 aliphatic heterocycles. The van der Waals surface area contributed by atoms with E-state index >= 15 is 0 Å². The number of nitrogens with zero attached hydrogens (tertiary/aromatic N) is 3. The highest BCUT2D eigenvalue weighted by Gasteiger charge is 2.52. The summed E-state index contributed by atoms with van der Waals surface area (Å²) in [7, 11) is 1.33. The van der Waals surface area contributed by atoms with Crippen molar-refractivity contribution in [3.8, 4) is 0 Å². The number of hydrogen-bond acceptors (Lipinski definition) is 7. The van der Waals surface area contributed by atoms with E-state index in [2.05, 4.69) is 0 Å². The number of ether oxygens (including phenoxy) is 1. The third-order valence-corrected chi connectivity index (χ3v) is 8.23. The third-order valence-electron chi connectivity index (χ3n) is 8.23. The van der Waals surface area contributed by atoms with E-state index in [-0.39, 0.29) is 44.4 Å². The lowest BCUT2D eigenvalue weighted by atomic mass is 9.82. The van der Waals surface area contributed by atoms with Crippen LogP contribution in [0, 0.1) is 5.92 Å². The molecule has 0 aliphatic carbocycles. The van der Waals surface area contributed by atoms with E-state index in [1.165, 1.54) is 16.9 Å². The van der Waals surface area contributed by atoms with Crippen LogP contribution in [0.15, 0.2) is 91.0 Å². The zero-order chi connectivity index (χ0) is 33.1. The standard InChI is InChI=1S/C36H41N3O7/c1-27(12-11-17-33(42)37(22-23-40)25-28-13-5-3-6-14-28)36(45)31-24-30(39(26-41)29-15-7-4-8-16-29)19-20-32(31)38(35(36)44)21-10-9-18-34(43)46-2/h3-8,11-16,19-20,24,26-27,40,45H,9-10,17-18,21-23,25H2,1-2H3/b12-11+/t27-,36+/m1/s1. The van der Waals surface area contributed by atoms with E-state index in [4.69, 9.17) is 4.74 Å². The minimum Gasteiger partial charge on any atom is -0.469 e. The molecule has 0 unspecified atom stereocenters. The highest BCUT2D eigenvalue weighted by atomic mass is 16.5. The highest BCUT2D eigenvalue weighted by molar-refractivity contribution is 6.08. The van der Waals surface area contributed by atoms with Gasteiger partial charge in [-0.3, -0.25) is 24.1 Å². The number of aliphatic hydroxyl groups excluding tert-OH is 1. The van der Waals surface area contributed by atoms with Crippen molar-refractivity contribution >= 4 is 41.3 Å². The predicted octanol–water partition coefficient (Wildman–Crippen LogP) is 4.46. The summed E-state index contributed by atoms with van der Waals surface area (Å²) in [4.78, 5) is 55.4. The minimum absolute atomic E-state index is 0.0124. The fraction of sp³-hybridized carbons (Fsp3) is 0.333. The zero-order valence-corrected chi connectivity index (χ0v) is 26.2. The van der Waals surface area contributed by atoms with Crippen molar-refractivity contribution in [2.24, 2.45) is 5.92 Å². The zero-order valence-electron chi connectivity index (χ0n) is 26.2. The van der Waals surface area contributed by atoms with Crippen molar-refractivity contribution in [3.63, 3.8) is 0 Å². The number of rotatable bonds is 16. The average Bonchev–Trinajstić information content (AvgIpc) is 3.29. The van der Waals surface area contributed by atoms with Gasteiger partial charge in [0.15, 0.2) is 5.60 Å². The second-order valence-electron chi connectivity index (χ2n) is 11.2. The number of hydrogen-bond donors (Lipinski definition) is 2. The molecule has 4 rings (SSSR count). The summed E-state index contributed by atoms with van der Waals surface area (Å²) < 4.78 is 4.72. The molecule has 3 aromatic rings. The monoisotopic (exact) mass is 627 g/mol. The second kappa shape index (κ2) is 16.0. The Kier molecular flexibility index (Phi) is 11.8. The minimum atomic E-state index is -1.98. The number of amides is 3. The smallest absolute Gasteiger partial charge is 0.305 e. The van der Waals surface area contributed by atoms with Gasteiger partial charge in [-0.15, -0.1) is 0 Å². The molecule has 0 saturated carbocycles. The van der Waals surface area contributed by atoms with Gasteiger partial charge in [-0.05, 0) is 48.7 Å². The summed E-state index contributed by atoms with van der Waals surface area (Å²) in [5.74, 6) is -1.81. The number of unbranched alkanes of at least 4 members (excludes halogenated alkanes) is 1. The molecule has 46 heavy (non-hydrogen) atoms.